The number of fused-ring (bicyclic) bond motifs is 1. The highest BCUT2D eigenvalue weighted by atomic mass is 127. The molecule has 1 saturated carbocycles. The Bertz CT molecular complexity index is 491. The van der Waals surface area contributed by atoms with Crippen LogP contribution in [0, 0.1) is 11.8 Å². The zero-order valence-electron chi connectivity index (χ0n) is 14.7. The summed E-state index contributed by atoms with van der Waals surface area (Å²) in [5, 5.41) is 7.00. The Labute approximate surface area is 163 Å². The smallest absolute Gasteiger partial charge is 0.193 e. The van der Waals surface area contributed by atoms with E-state index in [1.165, 1.54) is 44.5 Å². The second kappa shape index (κ2) is 10.1. The topological polar surface area (TPSA) is 39.7 Å². The molecule has 24 heavy (non-hydrogen) atoms. The van der Waals surface area contributed by atoms with Gasteiger partial charge in [-0.3, -0.25) is 4.99 Å². The molecule has 2 unspecified atom stereocenters. The Morgan fingerprint density at radius 3 is 2.38 bits per heavy atom. The molecular weight excluding hydrogens is 411 g/mol. The van der Waals surface area contributed by atoms with Crippen LogP contribution in [0.25, 0.3) is 0 Å². The quantitative estimate of drug-likeness (QED) is 0.316. The number of rotatable bonds is 5. The molecular formula is C19H31IN4. The van der Waals surface area contributed by atoms with Crippen molar-refractivity contribution < 1.29 is 0 Å². The average molecular weight is 442 g/mol. The minimum atomic E-state index is 0. The predicted molar refractivity (Wildman–Crippen MR) is 113 cm³/mol. The Morgan fingerprint density at radius 2 is 1.75 bits per heavy atom. The maximum Gasteiger partial charge on any atom is 0.193 e. The first-order valence-electron chi connectivity index (χ1n) is 9.11. The zero-order valence-corrected chi connectivity index (χ0v) is 17.0. The molecule has 5 heteroatoms. The number of guanidine groups is 1. The van der Waals surface area contributed by atoms with Crippen LogP contribution in [0.5, 0.6) is 0 Å². The third kappa shape index (κ3) is 5.26. The fourth-order valence-electron chi connectivity index (χ4n) is 3.99. The molecule has 1 aromatic carbocycles. The minimum Gasteiger partial charge on any atom is -0.385 e. The molecule has 1 saturated heterocycles. The van der Waals surface area contributed by atoms with Gasteiger partial charge < -0.3 is 15.5 Å². The summed E-state index contributed by atoms with van der Waals surface area (Å²) in [6.07, 6.45) is 6.77. The second-order valence-electron chi connectivity index (χ2n) is 6.83. The summed E-state index contributed by atoms with van der Waals surface area (Å²) >= 11 is 0. The van der Waals surface area contributed by atoms with Crippen molar-refractivity contribution in [1.82, 2.24) is 10.2 Å². The van der Waals surface area contributed by atoms with Crippen LogP contribution >= 0.6 is 24.0 Å². The minimum absolute atomic E-state index is 0. The summed E-state index contributed by atoms with van der Waals surface area (Å²) in [4.78, 5) is 6.97. The number of hydrogen-bond acceptors (Lipinski definition) is 2. The van der Waals surface area contributed by atoms with Crippen LogP contribution in [0.15, 0.2) is 35.3 Å². The molecule has 2 aliphatic rings. The van der Waals surface area contributed by atoms with Gasteiger partial charge in [-0.2, -0.15) is 0 Å². The molecule has 134 valence electrons. The fourth-order valence-corrected chi connectivity index (χ4v) is 3.99. The summed E-state index contributed by atoms with van der Waals surface area (Å²) < 4.78 is 0. The van der Waals surface area contributed by atoms with Gasteiger partial charge in [-0.05, 0) is 43.2 Å². The third-order valence-corrected chi connectivity index (χ3v) is 5.23. The molecule has 1 aliphatic heterocycles. The SMILES string of the molecule is CN=C(NCCCNc1ccccc1)N1CC2CCCCC2C1.I. The van der Waals surface area contributed by atoms with E-state index in [1.807, 2.05) is 13.1 Å². The van der Waals surface area contributed by atoms with Gasteiger partial charge in [0.2, 0.25) is 0 Å². The molecule has 1 aromatic rings. The van der Waals surface area contributed by atoms with Crippen molar-refractivity contribution in [1.29, 1.82) is 0 Å². The molecule has 1 aliphatic carbocycles. The largest absolute Gasteiger partial charge is 0.385 e. The number of halogens is 1. The van der Waals surface area contributed by atoms with Crippen molar-refractivity contribution in [2.75, 3.05) is 38.5 Å². The molecule has 0 radical (unpaired) electrons. The number of aliphatic imine (C=N–C) groups is 1. The lowest BCUT2D eigenvalue weighted by atomic mass is 9.82. The summed E-state index contributed by atoms with van der Waals surface area (Å²) in [6, 6.07) is 10.4. The summed E-state index contributed by atoms with van der Waals surface area (Å²) in [5.74, 6) is 2.91. The lowest BCUT2D eigenvalue weighted by Gasteiger charge is -2.22. The van der Waals surface area contributed by atoms with Crippen molar-refractivity contribution in [2.45, 2.75) is 32.1 Å². The van der Waals surface area contributed by atoms with E-state index in [0.717, 1.165) is 37.3 Å². The predicted octanol–water partition coefficient (Wildman–Crippen LogP) is 3.80. The molecule has 0 aromatic heterocycles. The van der Waals surface area contributed by atoms with Crippen LogP contribution < -0.4 is 10.6 Å². The Hall–Kier alpha value is -0.980. The molecule has 1 heterocycles. The van der Waals surface area contributed by atoms with Gasteiger partial charge in [-0.15, -0.1) is 24.0 Å². The Morgan fingerprint density at radius 1 is 1.08 bits per heavy atom. The van der Waals surface area contributed by atoms with Crippen molar-refractivity contribution in [3.05, 3.63) is 30.3 Å². The number of benzene rings is 1. The van der Waals surface area contributed by atoms with E-state index >= 15 is 0 Å². The van der Waals surface area contributed by atoms with E-state index in [2.05, 4.69) is 44.8 Å². The molecule has 0 spiro atoms. The molecule has 4 nitrogen and oxygen atoms in total. The number of anilines is 1. The van der Waals surface area contributed by atoms with E-state index in [1.54, 1.807) is 0 Å². The van der Waals surface area contributed by atoms with E-state index < -0.39 is 0 Å². The molecule has 2 fully saturated rings. The molecule has 0 bridgehead atoms. The first kappa shape index (κ1) is 19.3. The van der Waals surface area contributed by atoms with Gasteiger partial charge >= 0.3 is 0 Å². The van der Waals surface area contributed by atoms with Crippen LogP contribution in [0.1, 0.15) is 32.1 Å². The van der Waals surface area contributed by atoms with Crippen molar-refractivity contribution in [2.24, 2.45) is 16.8 Å². The molecule has 2 atom stereocenters. The maximum absolute atomic E-state index is 4.49. The first-order valence-corrected chi connectivity index (χ1v) is 9.11. The van der Waals surface area contributed by atoms with Gasteiger partial charge in [-0.25, -0.2) is 0 Å². The van der Waals surface area contributed by atoms with Crippen LogP contribution in [0.3, 0.4) is 0 Å². The number of likely N-dealkylation sites (tertiary alicyclic amines) is 1. The van der Waals surface area contributed by atoms with Crippen LogP contribution in [-0.4, -0.2) is 44.1 Å². The Balaban J connectivity index is 0.00000208. The van der Waals surface area contributed by atoms with Crippen LogP contribution in [-0.2, 0) is 0 Å². The van der Waals surface area contributed by atoms with E-state index in [4.69, 9.17) is 0 Å². The third-order valence-electron chi connectivity index (χ3n) is 5.23. The normalized spacial score (nSPS) is 23.4. The van der Waals surface area contributed by atoms with E-state index in [9.17, 15) is 0 Å². The number of nitrogens with zero attached hydrogens (tertiary/aromatic N) is 2. The summed E-state index contributed by atoms with van der Waals surface area (Å²) in [7, 11) is 1.91. The summed E-state index contributed by atoms with van der Waals surface area (Å²) in [5.41, 5.74) is 1.19. The Kier molecular flexibility index (Phi) is 8.15. The molecule has 0 amide bonds. The van der Waals surface area contributed by atoms with Crippen molar-refractivity contribution in [3.8, 4) is 0 Å². The number of hydrogen-bond donors (Lipinski definition) is 2. The van der Waals surface area contributed by atoms with E-state index in [0.29, 0.717) is 0 Å². The van der Waals surface area contributed by atoms with E-state index in [-0.39, 0.29) is 24.0 Å². The fraction of sp³-hybridized carbons (Fsp3) is 0.632. The zero-order chi connectivity index (χ0) is 15.9. The van der Waals surface area contributed by atoms with Crippen LogP contribution in [0.2, 0.25) is 0 Å². The molecule has 3 rings (SSSR count). The van der Waals surface area contributed by atoms with Crippen molar-refractivity contribution in [3.63, 3.8) is 0 Å². The highest BCUT2D eigenvalue weighted by Gasteiger charge is 2.35. The standard InChI is InChI=1S/C19H30N4.HI/c1-20-19(23-14-16-8-5-6-9-17(16)15-23)22-13-7-12-21-18-10-3-2-4-11-18;/h2-4,10-11,16-17,21H,5-9,12-15H2,1H3,(H,20,22);1H. The highest BCUT2D eigenvalue weighted by Crippen LogP contribution is 2.35. The summed E-state index contributed by atoms with van der Waals surface area (Å²) in [6.45, 7) is 4.36. The average Bonchev–Trinajstić information content (AvgIpc) is 3.03. The maximum atomic E-state index is 4.49. The van der Waals surface area contributed by atoms with Gasteiger partial charge in [0.25, 0.3) is 0 Å². The first-order chi connectivity index (χ1) is 11.4. The lowest BCUT2D eigenvalue weighted by Crippen LogP contribution is -2.41. The van der Waals surface area contributed by atoms with Crippen molar-refractivity contribution >= 4 is 35.6 Å². The van der Waals surface area contributed by atoms with Crippen LogP contribution in [0.4, 0.5) is 5.69 Å². The lowest BCUT2D eigenvalue weighted by molar-refractivity contribution is 0.299. The number of para-hydroxylation sites is 1. The van der Waals surface area contributed by atoms with Gasteiger partial charge in [0, 0.05) is 38.9 Å². The molecule has 2 N–H and O–H groups in total. The van der Waals surface area contributed by atoms with Gasteiger partial charge in [0.05, 0.1) is 0 Å². The second-order valence-corrected chi connectivity index (χ2v) is 6.83. The van der Waals surface area contributed by atoms with Gasteiger partial charge in [0.15, 0.2) is 5.96 Å². The highest BCUT2D eigenvalue weighted by molar-refractivity contribution is 14.0. The monoisotopic (exact) mass is 442 g/mol. The van der Waals surface area contributed by atoms with Gasteiger partial charge in [-0.1, -0.05) is 31.0 Å². The number of nitrogens with one attached hydrogen (secondary N) is 2. The van der Waals surface area contributed by atoms with Gasteiger partial charge in [0.1, 0.15) is 0 Å².